The number of hydrogen-bond acceptors (Lipinski definition) is 6. The van der Waals surface area contributed by atoms with E-state index in [1.54, 1.807) is 27.0 Å². The number of benzene rings is 1. The molecule has 1 aliphatic heterocycles. The van der Waals surface area contributed by atoms with Gasteiger partial charge >= 0.3 is 0 Å². The van der Waals surface area contributed by atoms with Gasteiger partial charge in [-0.15, -0.1) is 0 Å². The number of aromatic nitrogens is 3. The van der Waals surface area contributed by atoms with Gasteiger partial charge in [0.25, 0.3) is 12.0 Å². The fraction of sp³-hybridized carbons (Fsp3) is 0.480. The van der Waals surface area contributed by atoms with Crippen molar-refractivity contribution in [2.24, 2.45) is 7.05 Å². The van der Waals surface area contributed by atoms with E-state index in [0.717, 1.165) is 32.2 Å². The molecule has 0 amide bonds. The molecule has 1 aromatic carbocycles. The van der Waals surface area contributed by atoms with Crippen molar-refractivity contribution in [2.45, 2.75) is 45.2 Å². The second-order valence-electron chi connectivity index (χ2n) is 9.42. The molecule has 1 saturated heterocycles. The molecule has 3 aromatic rings. The van der Waals surface area contributed by atoms with Gasteiger partial charge in [0.1, 0.15) is 28.8 Å². The van der Waals surface area contributed by atoms with Crippen LogP contribution in [0.4, 0.5) is 24.7 Å². The van der Waals surface area contributed by atoms with Gasteiger partial charge < -0.3 is 10.2 Å². The number of hydrogen-bond donors (Lipinski definition) is 1. The van der Waals surface area contributed by atoms with Crippen molar-refractivity contribution in [3.63, 3.8) is 0 Å². The maximum atomic E-state index is 14.8. The van der Waals surface area contributed by atoms with Crippen molar-refractivity contribution in [1.29, 1.82) is 0 Å². The lowest BCUT2D eigenvalue weighted by atomic mass is 10.0. The molecule has 0 bridgehead atoms. The van der Waals surface area contributed by atoms with Crippen molar-refractivity contribution < 1.29 is 13.2 Å². The molecule has 0 spiro atoms. The zero-order valence-electron chi connectivity index (χ0n) is 20.1. The second-order valence-corrected chi connectivity index (χ2v) is 9.42. The summed E-state index contributed by atoms with van der Waals surface area (Å²) in [4.78, 5) is 26.8. The smallest absolute Gasteiger partial charge is 0.275 e. The quantitative estimate of drug-likeness (QED) is 0.564. The predicted octanol–water partition coefficient (Wildman–Crippen LogP) is 4.17. The summed E-state index contributed by atoms with van der Waals surface area (Å²) in [5.41, 5.74) is 0.386. The van der Waals surface area contributed by atoms with Gasteiger partial charge in [-0.1, -0.05) is 18.2 Å². The number of piperazine rings is 1. The molecular weight excluding hydrogens is 457 g/mol. The first-order chi connectivity index (χ1) is 16.7. The number of pyridine rings is 1. The van der Waals surface area contributed by atoms with E-state index < -0.39 is 23.8 Å². The zero-order chi connectivity index (χ0) is 24.9. The molecule has 0 radical (unpaired) electrons. The van der Waals surface area contributed by atoms with Crippen LogP contribution in [0.5, 0.6) is 0 Å². The molecule has 2 aromatic heterocycles. The van der Waals surface area contributed by atoms with Crippen molar-refractivity contribution in [3.8, 4) is 0 Å². The average Bonchev–Trinajstić information content (AvgIpc) is 3.67. The van der Waals surface area contributed by atoms with Crippen LogP contribution in [0.15, 0.2) is 29.1 Å². The fourth-order valence-corrected chi connectivity index (χ4v) is 4.88. The Hall–Kier alpha value is -3.14. The van der Waals surface area contributed by atoms with Crippen molar-refractivity contribution >= 4 is 22.5 Å². The van der Waals surface area contributed by atoms with Crippen LogP contribution in [0.1, 0.15) is 49.2 Å². The summed E-state index contributed by atoms with van der Waals surface area (Å²) < 4.78 is 42.7. The predicted molar refractivity (Wildman–Crippen MR) is 130 cm³/mol. The number of halogens is 3. The molecule has 1 N–H and O–H groups in total. The van der Waals surface area contributed by atoms with E-state index in [0.29, 0.717) is 34.4 Å². The largest absolute Gasteiger partial charge is 0.364 e. The van der Waals surface area contributed by atoms with Gasteiger partial charge in [0, 0.05) is 44.8 Å². The van der Waals surface area contributed by atoms with Gasteiger partial charge in [0.05, 0.1) is 17.0 Å². The molecule has 3 heterocycles. The molecule has 5 rings (SSSR count). The highest BCUT2D eigenvalue weighted by Crippen LogP contribution is 2.32. The summed E-state index contributed by atoms with van der Waals surface area (Å²) in [6.45, 7) is 6.75. The van der Waals surface area contributed by atoms with Crippen LogP contribution in [-0.2, 0) is 7.05 Å². The first-order valence-corrected chi connectivity index (χ1v) is 11.9. The summed E-state index contributed by atoms with van der Waals surface area (Å²) >= 11 is 0. The van der Waals surface area contributed by atoms with Crippen LogP contribution in [0.25, 0.3) is 11.0 Å². The maximum absolute atomic E-state index is 14.8. The van der Waals surface area contributed by atoms with E-state index in [1.807, 2.05) is 0 Å². The number of aryl methyl sites for hydroxylation is 2. The third kappa shape index (κ3) is 4.47. The average molecular weight is 487 g/mol. The van der Waals surface area contributed by atoms with Crippen molar-refractivity contribution in [2.75, 3.05) is 36.4 Å². The van der Waals surface area contributed by atoms with Crippen molar-refractivity contribution in [3.05, 3.63) is 57.4 Å². The molecule has 2 fully saturated rings. The van der Waals surface area contributed by atoms with E-state index in [-0.39, 0.29) is 11.1 Å². The van der Waals surface area contributed by atoms with E-state index >= 15 is 0 Å². The number of anilines is 2. The second kappa shape index (κ2) is 9.14. The molecule has 186 valence electrons. The molecule has 0 unspecified atom stereocenters. The molecule has 1 aliphatic carbocycles. The highest BCUT2D eigenvalue weighted by Gasteiger charge is 2.32. The highest BCUT2D eigenvalue weighted by molar-refractivity contribution is 5.89. The Morgan fingerprint density at radius 2 is 1.77 bits per heavy atom. The Morgan fingerprint density at radius 1 is 1.09 bits per heavy atom. The Kier molecular flexibility index (Phi) is 6.16. The monoisotopic (exact) mass is 486 g/mol. The minimum absolute atomic E-state index is 0.119. The lowest BCUT2D eigenvalue weighted by molar-refractivity contribution is 0.146. The molecule has 1 atom stereocenters. The summed E-state index contributed by atoms with van der Waals surface area (Å²) in [6, 6.07) is 5.83. The molecule has 1 saturated carbocycles. The minimum atomic E-state index is -2.90. The van der Waals surface area contributed by atoms with E-state index in [4.69, 9.17) is 0 Å². The van der Waals surface area contributed by atoms with Crippen LogP contribution in [0, 0.1) is 12.7 Å². The molecule has 2 aliphatic rings. The van der Waals surface area contributed by atoms with E-state index in [2.05, 4.69) is 25.1 Å². The summed E-state index contributed by atoms with van der Waals surface area (Å²) in [5, 5.41) is 3.80. The van der Waals surface area contributed by atoms with Gasteiger partial charge in [-0.05, 0) is 32.8 Å². The number of alkyl halides is 2. The van der Waals surface area contributed by atoms with Crippen LogP contribution in [0.2, 0.25) is 0 Å². The van der Waals surface area contributed by atoms with Crippen LogP contribution >= 0.6 is 0 Å². The fourth-order valence-electron chi connectivity index (χ4n) is 4.88. The van der Waals surface area contributed by atoms with Gasteiger partial charge in [0.2, 0.25) is 0 Å². The number of rotatable bonds is 6. The molecule has 7 nitrogen and oxygen atoms in total. The lowest BCUT2D eigenvalue weighted by Gasteiger charge is -2.36. The minimum Gasteiger partial charge on any atom is -0.364 e. The first-order valence-electron chi connectivity index (χ1n) is 11.9. The first kappa shape index (κ1) is 23.6. The van der Waals surface area contributed by atoms with Crippen molar-refractivity contribution in [1.82, 2.24) is 19.4 Å². The third-order valence-electron chi connectivity index (χ3n) is 6.99. The van der Waals surface area contributed by atoms with Crippen LogP contribution in [0.3, 0.4) is 0 Å². The Bertz CT molecular complexity index is 1310. The Labute approximate surface area is 201 Å². The molecule has 10 heteroatoms. The van der Waals surface area contributed by atoms with Crippen LogP contribution in [-0.4, -0.2) is 51.7 Å². The Balaban J connectivity index is 1.51. The standard InChI is InChI=1S/C25H29F3N6O/c1-14(17-5-4-6-18(21(17)26)22(27)28)29-23-19-13-20(25(35)32(3)24(19)31-15(2)30-23)34-11-9-33(10-12-34)16-7-8-16/h4-6,13-14,16,22H,7-12H2,1-3H3,(H,29,30,31)/t14-/m1/s1. The summed E-state index contributed by atoms with van der Waals surface area (Å²) in [6.07, 6.45) is -0.396. The van der Waals surface area contributed by atoms with E-state index in [9.17, 15) is 18.0 Å². The molecule has 35 heavy (non-hydrogen) atoms. The topological polar surface area (TPSA) is 66.3 Å². The molecular formula is C25H29F3N6O. The van der Waals surface area contributed by atoms with Gasteiger partial charge in [-0.2, -0.15) is 0 Å². The number of fused-ring (bicyclic) bond motifs is 1. The number of nitrogens with zero attached hydrogens (tertiary/aromatic N) is 5. The van der Waals surface area contributed by atoms with E-state index in [1.165, 1.54) is 29.5 Å². The summed E-state index contributed by atoms with van der Waals surface area (Å²) in [7, 11) is 1.68. The van der Waals surface area contributed by atoms with Gasteiger partial charge in [0.15, 0.2) is 0 Å². The normalized spacial score (nSPS) is 17.9. The Morgan fingerprint density at radius 3 is 2.43 bits per heavy atom. The number of nitrogens with one attached hydrogen (secondary N) is 1. The SMILES string of the molecule is Cc1nc(N[C@H](C)c2cccc(C(F)F)c2F)c2cc(N3CCN(C4CC4)CC3)c(=O)n(C)c2n1. The van der Waals surface area contributed by atoms with Gasteiger partial charge in [-0.25, -0.2) is 23.1 Å². The zero-order valence-corrected chi connectivity index (χ0v) is 20.1. The van der Waals surface area contributed by atoms with Gasteiger partial charge in [-0.3, -0.25) is 14.3 Å². The third-order valence-corrected chi connectivity index (χ3v) is 6.99. The summed E-state index contributed by atoms with van der Waals surface area (Å²) in [5.74, 6) is -0.0654. The highest BCUT2D eigenvalue weighted by atomic mass is 19.3. The van der Waals surface area contributed by atoms with Crippen LogP contribution < -0.4 is 15.8 Å². The maximum Gasteiger partial charge on any atom is 0.275 e. The lowest BCUT2D eigenvalue weighted by Crippen LogP contribution is -2.48.